The summed E-state index contributed by atoms with van der Waals surface area (Å²) in [5.41, 5.74) is 0.130. The molecule has 7 heteroatoms. The summed E-state index contributed by atoms with van der Waals surface area (Å²) in [7, 11) is 0. The number of nitrogens with one attached hydrogen (secondary N) is 1. The monoisotopic (exact) mass is 471 g/mol. The molecule has 0 bridgehead atoms. The Hall–Kier alpha value is -0.140. The number of carboxylic acid groups (broad SMARTS) is 1. The van der Waals surface area contributed by atoms with Gasteiger partial charge in [0.05, 0.1) is 24.7 Å². The van der Waals surface area contributed by atoms with Crippen molar-refractivity contribution in [1.82, 2.24) is 5.32 Å². The van der Waals surface area contributed by atoms with Gasteiger partial charge in [-0.1, -0.05) is 20.8 Å². The topological polar surface area (TPSA) is 110 Å². The predicted octanol–water partition coefficient (Wildman–Crippen LogP) is -0.737. The van der Waals surface area contributed by atoms with E-state index in [0.29, 0.717) is 48.3 Å². The van der Waals surface area contributed by atoms with Crippen LogP contribution in [-0.4, -0.2) is 40.8 Å². The Morgan fingerprint density at radius 3 is 2.48 bits per heavy atom. The van der Waals surface area contributed by atoms with Crippen LogP contribution in [0.15, 0.2) is 0 Å². The van der Waals surface area contributed by atoms with E-state index in [1.165, 1.54) is 12.8 Å². The van der Waals surface area contributed by atoms with Crippen LogP contribution in [0.2, 0.25) is 0 Å². The maximum atomic E-state index is 12.0. The summed E-state index contributed by atoms with van der Waals surface area (Å²) in [5, 5.41) is 34.8. The minimum atomic E-state index is -1.27. The smallest absolute Gasteiger partial charge is 0.548 e. The van der Waals surface area contributed by atoms with Gasteiger partial charge in [0.1, 0.15) is 0 Å². The van der Waals surface area contributed by atoms with Gasteiger partial charge in [0.25, 0.3) is 0 Å². The van der Waals surface area contributed by atoms with Crippen molar-refractivity contribution < 1.29 is 54.5 Å². The maximum Gasteiger partial charge on any atom is 1.00 e. The third-order valence-electron chi connectivity index (χ3n) is 10.8. The molecule has 0 spiro atoms. The first-order valence-electron chi connectivity index (χ1n) is 12.9. The molecule has 4 aliphatic rings. The molecule has 1 amide bonds. The minimum Gasteiger partial charge on any atom is -0.548 e. The molecule has 33 heavy (non-hydrogen) atoms. The van der Waals surface area contributed by atoms with E-state index in [0.717, 1.165) is 38.5 Å². The summed E-state index contributed by atoms with van der Waals surface area (Å²) in [6.07, 6.45) is 9.01. The maximum absolute atomic E-state index is 12.0. The number of aliphatic hydroxyl groups excluding tert-OH is 2. The fourth-order valence-corrected chi connectivity index (χ4v) is 8.98. The number of aliphatic hydroxyl groups is 2. The summed E-state index contributed by atoms with van der Waals surface area (Å²) < 4.78 is 0. The first kappa shape index (κ1) is 27.4. The van der Waals surface area contributed by atoms with Gasteiger partial charge in [0.2, 0.25) is 5.91 Å². The van der Waals surface area contributed by atoms with Crippen molar-refractivity contribution in [2.75, 3.05) is 6.54 Å². The number of aliphatic carboxylic acids is 1. The SMILES string of the molecule is CC(CCC(=O)NCC(=O)[O-])[C@H]1CCC2C3CCC4C[C@H](O)CC[C@]4(C)C3C[C@H](O)[C@@]21C.[Na+]. The average Bonchev–Trinajstić information content (AvgIpc) is 3.10. The van der Waals surface area contributed by atoms with Crippen LogP contribution in [0, 0.1) is 46.3 Å². The van der Waals surface area contributed by atoms with Gasteiger partial charge in [-0.15, -0.1) is 0 Å². The number of carbonyl (C=O) groups is 2. The standard InChI is InChI=1S/C26H43NO5.Na/c1-15(4-9-23(30)27-14-24(31)32)19-7-8-20-18-6-5-16-12-17(28)10-11-25(16,2)21(18)13-22(29)26(19,20)3;/h15-22,28-29H,4-14H2,1-3H3,(H,27,30)(H,31,32);/q;+1/p-1/t15?,16?,17-,18?,19-,20?,21?,22+,25+,26-;/m1./s1. The quantitative estimate of drug-likeness (QED) is 0.442. The predicted molar refractivity (Wildman–Crippen MR) is 119 cm³/mol. The van der Waals surface area contributed by atoms with Gasteiger partial charge in [-0.3, -0.25) is 4.79 Å². The van der Waals surface area contributed by atoms with Gasteiger partial charge in [0.15, 0.2) is 0 Å². The van der Waals surface area contributed by atoms with Crippen LogP contribution in [0.5, 0.6) is 0 Å². The number of carbonyl (C=O) groups excluding carboxylic acids is 2. The zero-order chi connectivity index (χ0) is 23.3. The van der Waals surface area contributed by atoms with Crippen molar-refractivity contribution in [3.05, 3.63) is 0 Å². The molecule has 0 radical (unpaired) electrons. The van der Waals surface area contributed by atoms with Crippen molar-refractivity contribution in [3.63, 3.8) is 0 Å². The molecule has 182 valence electrons. The van der Waals surface area contributed by atoms with Gasteiger partial charge < -0.3 is 25.4 Å². The third kappa shape index (κ3) is 4.94. The number of rotatable bonds is 6. The van der Waals surface area contributed by atoms with E-state index in [1.807, 2.05) is 0 Å². The molecule has 4 rings (SSSR count). The second kappa shape index (κ2) is 10.5. The third-order valence-corrected chi connectivity index (χ3v) is 10.8. The van der Waals surface area contributed by atoms with E-state index < -0.39 is 12.5 Å². The molecule has 0 saturated heterocycles. The van der Waals surface area contributed by atoms with Crippen molar-refractivity contribution in [2.45, 2.75) is 97.2 Å². The molecule has 6 nitrogen and oxygen atoms in total. The van der Waals surface area contributed by atoms with Crippen LogP contribution in [0.25, 0.3) is 0 Å². The van der Waals surface area contributed by atoms with E-state index in [4.69, 9.17) is 0 Å². The summed E-state index contributed by atoms with van der Waals surface area (Å²) in [4.78, 5) is 22.6. The Labute approximate surface area is 221 Å². The van der Waals surface area contributed by atoms with E-state index in [9.17, 15) is 24.9 Å². The molecule has 3 N–H and O–H groups in total. The Morgan fingerprint density at radius 1 is 1.06 bits per heavy atom. The van der Waals surface area contributed by atoms with Crippen LogP contribution in [0.3, 0.4) is 0 Å². The molecule has 0 aromatic heterocycles. The number of hydrogen-bond acceptors (Lipinski definition) is 5. The number of fused-ring (bicyclic) bond motifs is 5. The van der Waals surface area contributed by atoms with Crippen molar-refractivity contribution in [2.24, 2.45) is 46.3 Å². The summed E-state index contributed by atoms with van der Waals surface area (Å²) in [6.45, 7) is 6.51. The van der Waals surface area contributed by atoms with Crippen LogP contribution in [-0.2, 0) is 9.59 Å². The number of amides is 1. The second-order valence-electron chi connectivity index (χ2n) is 12.1. The van der Waals surface area contributed by atoms with Crippen LogP contribution < -0.4 is 40.0 Å². The number of hydrogen-bond donors (Lipinski definition) is 3. The van der Waals surface area contributed by atoms with E-state index in [-0.39, 0.29) is 58.5 Å². The van der Waals surface area contributed by atoms with E-state index in [1.54, 1.807) is 0 Å². The van der Waals surface area contributed by atoms with Gasteiger partial charge >= 0.3 is 29.6 Å². The Morgan fingerprint density at radius 2 is 1.79 bits per heavy atom. The molecule has 0 aromatic carbocycles. The number of carboxylic acids is 1. The van der Waals surface area contributed by atoms with Gasteiger partial charge in [-0.2, -0.15) is 0 Å². The Balaban J connectivity index is 0.00000306. The molecule has 4 saturated carbocycles. The van der Waals surface area contributed by atoms with Gasteiger partial charge in [-0.05, 0) is 104 Å². The molecular formula is C26H42NNaO5. The van der Waals surface area contributed by atoms with Crippen molar-refractivity contribution >= 4 is 11.9 Å². The van der Waals surface area contributed by atoms with Crippen molar-refractivity contribution in [1.29, 1.82) is 0 Å². The van der Waals surface area contributed by atoms with Gasteiger partial charge in [0, 0.05) is 6.42 Å². The fraction of sp³-hybridized carbons (Fsp3) is 0.923. The van der Waals surface area contributed by atoms with Crippen LogP contribution in [0.4, 0.5) is 0 Å². The molecule has 5 unspecified atom stereocenters. The summed E-state index contributed by atoms with van der Waals surface area (Å²) in [6, 6.07) is 0. The first-order valence-corrected chi connectivity index (χ1v) is 12.9. The Kier molecular flexibility index (Phi) is 8.70. The van der Waals surface area contributed by atoms with Crippen molar-refractivity contribution in [3.8, 4) is 0 Å². The summed E-state index contributed by atoms with van der Waals surface area (Å²) >= 11 is 0. The first-order chi connectivity index (χ1) is 15.1. The molecule has 4 aliphatic carbocycles. The van der Waals surface area contributed by atoms with Crippen LogP contribution >= 0.6 is 0 Å². The molecular weight excluding hydrogens is 429 g/mol. The fourth-order valence-electron chi connectivity index (χ4n) is 8.98. The molecule has 10 atom stereocenters. The molecule has 0 aliphatic heterocycles. The molecule has 0 heterocycles. The van der Waals surface area contributed by atoms with E-state index in [2.05, 4.69) is 26.1 Å². The van der Waals surface area contributed by atoms with Gasteiger partial charge in [-0.25, -0.2) is 0 Å². The molecule has 0 aromatic rings. The zero-order valence-corrected chi connectivity index (χ0v) is 23.0. The summed E-state index contributed by atoms with van der Waals surface area (Å²) in [5.74, 6) is 1.50. The van der Waals surface area contributed by atoms with E-state index >= 15 is 0 Å². The second-order valence-corrected chi connectivity index (χ2v) is 12.1. The average molecular weight is 472 g/mol. The Bertz CT molecular complexity index is 733. The molecule has 4 fully saturated rings. The minimum absolute atomic E-state index is 0. The normalized spacial score (nSPS) is 45.1. The zero-order valence-electron chi connectivity index (χ0n) is 21.0. The largest absolute Gasteiger partial charge is 1.00 e. The van der Waals surface area contributed by atoms with Crippen LogP contribution in [0.1, 0.15) is 85.0 Å².